The van der Waals surface area contributed by atoms with Crippen molar-refractivity contribution in [3.63, 3.8) is 0 Å². The second kappa shape index (κ2) is 6.54. The fraction of sp³-hybridized carbons (Fsp3) is 0.412. The zero-order chi connectivity index (χ0) is 19.2. The molecule has 3 heterocycles. The van der Waals surface area contributed by atoms with Crippen LogP contribution >= 0.6 is 0 Å². The van der Waals surface area contributed by atoms with Crippen molar-refractivity contribution in [3.05, 3.63) is 53.3 Å². The van der Waals surface area contributed by atoms with Gasteiger partial charge < -0.3 is 5.32 Å². The Morgan fingerprint density at radius 3 is 2.67 bits per heavy atom. The summed E-state index contributed by atoms with van der Waals surface area (Å²) in [6.07, 6.45) is 2.64. The van der Waals surface area contributed by atoms with Gasteiger partial charge in [0.15, 0.2) is 9.84 Å². The smallest absolute Gasteiger partial charge is 0.223 e. The van der Waals surface area contributed by atoms with Gasteiger partial charge in [-0.1, -0.05) is 30.3 Å². The molecule has 2 aliphatic rings. The van der Waals surface area contributed by atoms with Crippen molar-refractivity contribution in [2.75, 3.05) is 24.7 Å². The molecular formula is C17H20N4O4S2. The highest BCUT2D eigenvalue weighted by Gasteiger charge is 2.49. The molecule has 0 radical (unpaired) electrons. The van der Waals surface area contributed by atoms with Crippen LogP contribution in [-0.4, -0.2) is 55.7 Å². The third kappa shape index (κ3) is 3.56. The fourth-order valence-electron chi connectivity index (χ4n) is 3.67. The zero-order valence-electron chi connectivity index (χ0n) is 14.7. The molecule has 2 atom stereocenters. The van der Waals surface area contributed by atoms with Crippen LogP contribution < -0.4 is 5.32 Å². The molecule has 0 aliphatic carbocycles. The number of nitrogens with one attached hydrogen (secondary N) is 1. The van der Waals surface area contributed by atoms with Gasteiger partial charge in [-0.25, -0.2) is 31.1 Å². The molecule has 1 saturated heterocycles. The molecule has 144 valence electrons. The van der Waals surface area contributed by atoms with E-state index in [1.807, 2.05) is 30.3 Å². The predicted octanol–water partition coefficient (Wildman–Crippen LogP) is 0.744. The average Bonchev–Trinajstić information content (AvgIpc) is 3.08. The van der Waals surface area contributed by atoms with E-state index in [0.29, 0.717) is 23.8 Å². The van der Waals surface area contributed by atoms with Crippen molar-refractivity contribution < 1.29 is 16.8 Å². The molecule has 8 nitrogen and oxygen atoms in total. The summed E-state index contributed by atoms with van der Waals surface area (Å²) < 4.78 is 50.3. The number of sulfonamides is 1. The van der Waals surface area contributed by atoms with Crippen LogP contribution in [0.15, 0.2) is 36.5 Å². The highest BCUT2D eigenvalue weighted by atomic mass is 32.2. The van der Waals surface area contributed by atoms with E-state index in [2.05, 4.69) is 15.3 Å². The molecule has 0 unspecified atom stereocenters. The minimum absolute atomic E-state index is 0.0119. The molecule has 1 fully saturated rings. The molecule has 1 aromatic heterocycles. The van der Waals surface area contributed by atoms with Crippen LogP contribution in [0, 0.1) is 0 Å². The topological polar surface area (TPSA) is 109 Å². The zero-order valence-corrected chi connectivity index (χ0v) is 16.4. The number of nitrogens with zero attached hydrogens (tertiary/aromatic N) is 3. The maximum atomic E-state index is 12.6. The highest BCUT2D eigenvalue weighted by Crippen LogP contribution is 2.40. The Kier molecular flexibility index (Phi) is 4.44. The van der Waals surface area contributed by atoms with Crippen LogP contribution in [0.2, 0.25) is 0 Å². The molecule has 27 heavy (non-hydrogen) atoms. The Morgan fingerprint density at radius 1 is 1.22 bits per heavy atom. The first kappa shape index (κ1) is 18.3. The number of rotatable bonds is 4. The maximum absolute atomic E-state index is 12.6. The monoisotopic (exact) mass is 408 g/mol. The largest absolute Gasteiger partial charge is 0.350 e. The van der Waals surface area contributed by atoms with Gasteiger partial charge in [0.05, 0.1) is 23.0 Å². The van der Waals surface area contributed by atoms with Crippen LogP contribution in [0.1, 0.15) is 22.7 Å². The van der Waals surface area contributed by atoms with Gasteiger partial charge in [-0.3, -0.25) is 0 Å². The first-order valence-corrected chi connectivity index (χ1v) is 12.1. The van der Waals surface area contributed by atoms with Crippen molar-refractivity contribution in [3.8, 4) is 0 Å². The number of hydrogen-bond donors (Lipinski definition) is 1. The standard InChI is InChI=1S/C17H20N4O4S2/c1-26(22,23)21-9-14-15(10-21)27(24,25)11-13-8-19-17(20-16(13)14)18-7-12-5-3-2-4-6-12/h2-6,8,14-15H,7,9-11H2,1H3,(H,18,19,20)/t14-,15+/m0/s1. The van der Waals surface area contributed by atoms with E-state index < -0.39 is 31.0 Å². The van der Waals surface area contributed by atoms with Crippen LogP contribution in [0.3, 0.4) is 0 Å². The Balaban J connectivity index is 1.63. The molecule has 1 aromatic carbocycles. The lowest BCUT2D eigenvalue weighted by atomic mass is 10.00. The van der Waals surface area contributed by atoms with Gasteiger partial charge >= 0.3 is 0 Å². The summed E-state index contributed by atoms with van der Waals surface area (Å²) >= 11 is 0. The molecule has 0 spiro atoms. The fourth-order valence-corrected chi connectivity index (χ4v) is 6.62. The van der Waals surface area contributed by atoms with Crippen LogP contribution in [0.5, 0.6) is 0 Å². The Morgan fingerprint density at radius 2 is 1.96 bits per heavy atom. The van der Waals surface area contributed by atoms with Gasteiger partial charge in [-0.15, -0.1) is 0 Å². The quantitative estimate of drug-likeness (QED) is 0.795. The van der Waals surface area contributed by atoms with Gasteiger partial charge in [-0.05, 0) is 5.56 Å². The molecule has 2 aliphatic heterocycles. The van der Waals surface area contributed by atoms with E-state index in [4.69, 9.17) is 0 Å². The number of fused-ring (bicyclic) bond motifs is 3. The lowest BCUT2D eigenvalue weighted by Gasteiger charge is -2.26. The van der Waals surface area contributed by atoms with Crippen LogP contribution in [0.25, 0.3) is 0 Å². The van der Waals surface area contributed by atoms with Gasteiger partial charge in [0.1, 0.15) is 0 Å². The second-order valence-corrected chi connectivity index (χ2v) is 11.2. The summed E-state index contributed by atoms with van der Waals surface area (Å²) in [7, 11) is -6.90. The number of sulfone groups is 1. The minimum Gasteiger partial charge on any atom is -0.350 e. The molecule has 4 rings (SSSR count). The van der Waals surface area contributed by atoms with Crippen molar-refractivity contribution >= 4 is 25.8 Å². The van der Waals surface area contributed by atoms with Crippen LogP contribution in [-0.2, 0) is 32.2 Å². The molecule has 10 heteroatoms. The molecule has 0 bridgehead atoms. The van der Waals surface area contributed by atoms with E-state index in [1.165, 1.54) is 10.5 Å². The van der Waals surface area contributed by atoms with E-state index >= 15 is 0 Å². The number of aromatic nitrogens is 2. The van der Waals surface area contributed by atoms with Crippen molar-refractivity contribution in [2.24, 2.45) is 0 Å². The average molecular weight is 409 g/mol. The Bertz CT molecular complexity index is 1070. The van der Waals surface area contributed by atoms with E-state index in [-0.39, 0.29) is 18.8 Å². The Hall–Kier alpha value is -2.04. The summed E-state index contributed by atoms with van der Waals surface area (Å²) in [6.45, 7) is 0.661. The summed E-state index contributed by atoms with van der Waals surface area (Å²) in [4.78, 5) is 8.78. The van der Waals surface area contributed by atoms with Gasteiger partial charge in [0.2, 0.25) is 16.0 Å². The lowest BCUT2D eigenvalue weighted by Crippen LogP contribution is -2.35. The summed E-state index contributed by atoms with van der Waals surface area (Å²) in [5.41, 5.74) is 2.26. The first-order valence-electron chi connectivity index (χ1n) is 8.54. The number of anilines is 1. The third-order valence-electron chi connectivity index (χ3n) is 5.06. The minimum atomic E-state index is -3.46. The summed E-state index contributed by atoms with van der Waals surface area (Å²) in [5.74, 6) is -0.206. The molecular weight excluding hydrogens is 388 g/mol. The van der Waals surface area contributed by atoms with E-state index in [1.54, 1.807) is 0 Å². The Labute approximate surface area is 158 Å². The summed E-state index contributed by atoms with van der Waals surface area (Å²) in [6, 6.07) is 9.79. The van der Waals surface area contributed by atoms with Crippen molar-refractivity contribution in [1.82, 2.24) is 14.3 Å². The number of hydrogen-bond acceptors (Lipinski definition) is 7. The first-order chi connectivity index (χ1) is 12.7. The van der Waals surface area contributed by atoms with Crippen molar-refractivity contribution in [2.45, 2.75) is 23.5 Å². The van der Waals surface area contributed by atoms with E-state index in [0.717, 1.165) is 11.8 Å². The number of benzene rings is 1. The summed E-state index contributed by atoms with van der Waals surface area (Å²) in [5, 5.41) is 2.40. The van der Waals surface area contributed by atoms with E-state index in [9.17, 15) is 16.8 Å². The second-order valence-electron chi connectivity index (χ2n) is 6.98. The molecule has 1 N–H and O–H groups in total. The molecule has 0 amide bonds. The molecule has 0 saturated carbocycles. The maximum Gasteiger partial charge on any atom is 0.223 e. The highest BCUT2D eigenvalue weighted by molar-refractivity contribution is 7.91. The van der Waals surface area contributed by atoms with Crippen LogP contribution in [0.4, 0.5) is 5.95 Å². The van der Waals surface area contributed by atoms with Crippen molar-refractivity contribution in [1.29, 1.82) is 0 Å². The predicted molar refractivity (Wildman–Crippen MR) is 101 cm³/mol. The molecule has 2 aromatic rings. The lowest BCUT2D eigenvalue weighted by molar-refractivity contribution is 0.477. The van der Waals surface area contributed by atoms with Gasteiger partial charge in [-0.2, -0.15) is 0 Å². The van der Waals surface area contributed by atoms with Gasteiger partial charge in [0.25, 0.3) is 0 Å². The SMILES string of the molecule is CS(=O)(=O)N1C[C@@H]2c3nc(NCc4ccccc4)ncc3CS(=O)(=O)[C@@H]2C1. The normalized spacial score (nSPS) is 24.2. The third-order valence-corrected chi connectivity index (χ3v) is 8.41. The van der Waals surface area contributed by atoms with Gasteiger partial charge in [0, 0.05) is 37.3 Å².